The Hall–Kier alpha value is -0.870. The number of hydrogen-bond donors (Lipinski definition) is 1. The maximum Gasteiger partial charge on any atom is 0.0644 e. The molecular weight excluding hydrogens is 238 g/mol. The van der Waals surface area contributed by atoms with Crippen molar-refractivity contribution in [1.82, 2.24) is 14.7 Å². The Labute approximate surface area is 116 Å². The molecule has 0 aliphatic carbocycles. The van der Waals surface area contributed by atoms with Crippen molar-refractivity contribution >= 4 is 0 Å². The first-order valence-corrected chi connectivity index (χ1v) is 7.51. The summed E-state index contributed by atoms with van der Waals surface area (Å²) in [5.74, 6) is 0.863. The summed E-state index contributed by atoms with van der Waals surface area (Å²) in [4.78, 5) is 2.57. The summed E-state index contributed by atoms with van der Waals surface area (Å²) < 4.78 is 1.94. The molecule has 1 saturated heterocycles. The molecule has 0 saturated carbocycles. The highest BCUT2D eigenvalue weighted by Gasteiger charge is 2.21. The molecule has 0 bridgehead atoms. The summed E-state index contributed by atoms with van der Waals surface area (Å²) in [7, 11) is 0. The van der Waals surface area contributed by atoms with E-state index >= 15 is 0 Å². The lowest BCUT2D eigenvalue weighted by Gasteiger charge is -2.32. The van der Waals surface area contributed by atoms with E-state index in [2.05, 4.69) is 30.8 Å². The van der Waals surface area contributed by atoms with E-state index in [1.54, 1.807) is 0 Å². The van der Waals surface area contributed by atoms with Gasteiger partial charge in [-0.2, -0.15) is 5.10 Å². The molecule has 4 heteroatoms. The molecule has 0 aromatic carbocycles. The van der Waals surface area contributed by atoms with E-state index in [1.807, 2.05) is 4.68 Å². The second-order valence-corrected chi connectivity index (χ2v) is 5.75. The lowest BCUT2D eigenvalue weighted by atomic mass is 9.95. The molecule has 1 aromatic rings. The molecule has 2 rings (SSSR count). The lowest BCUT2D eigenvalue weighted by molar-refractivity contribution is 0.164. The Balaban J connectivity index is 2.06. The largest absolute Gasteiger partial charge is 0.394 e. The van der Waals surface area contributed by atoms with Gasteiger partial charge in [-0.15, -0.1) is 0 Å². The van der Waals surface area contributed by atoms with Gasteiger partial charge in [0, 0.05) is 24.3 Å². The number of hydrogen-bond acceptors (Lipinski definition) is 3. The molecule has 1 unspecified atom stereocenters. The molecule has 1 aliphatic rings. The smallest absolute Gasteiger partial charge is 0.0644 e. The summed E-state index contributed by atoms with van der Waals surface area (Å²) in [6.45, 7) is 10.7. The zero-order chi connectivity index (χ0) is 13.8. The van der Waals surface area contributed by atoms with E-state index in [1.165, 1.54) is 43.6 Å². The summed E-state index contributed by atoms with van der Waals surface area (Å²) >= 11 is 0. The van der Waals surface area contributed by atoms with Crippen LogP contribution in [0.3, 0.4) is 0 Å². The van der Waals surface area contributed by atoms with Crippen LogP contribution in [0.5, 0.6) is 0 Å². The zero-order valence-electron chi connectivity index (χ0n) is 12.5. The molecule has 0 radical (unpaired) electrons. The Morgan fingerprint density at radius 1 is 1.37 bits per heavy atom. The first kappa shape index (κ1) is 14.5. The number of piperidine rings is 1. The molecule has 2 heterocycles. The predicted molar refractivity (Wildman–Crippen MR) is 77.1 cm³/mol. The third-order valence-electron chi connectivity index (χ3n) is 4.41. The number of likely N-dealkylation sites (tertiary alicyclic amines) is 1. The van der Waals surface area contributed by atoms with Gasteiger partial charge in [0.2, 0.25) is 0 Å². The number of aliphatic hydroxyl groups excluding tert-OH is 1. The fraction of sp³-hybridized carbons (Fsp3) is 0.800. The molecule has 4 nitrogen and oxygen atoms in total. The third kappa shape index (κ3) is 3.37. The number of nitrogens with zero attached hydrogens (tertiary/aromatic N) is 3. The highest BCUT2D eigenvalue weighted by molar-refractivity contribution is 5.24. The van der Waals surface area contributed by atoms with Crippen molar-refractivity contribution in [2.24, 2.45) is 5.92 Å². The van der Waals surface area contributed by atoms with Crippen LogP contribution in [0.25, 0.3) is 0 Å². The quantitative estimate of drug-likeness (QED) is 0.886. The highest BCUT2D eigenvalue weighted by Crippen LogP contribution is 2.23. The molecule has 1 aromatic heterocycles. The van der Waals surface area contributed by atoms with Crippen molar-refractivity contribution < 1.29 is 5.11 Å². The fourth-order valence-corrected chi connectivity index (χ4v) is 3.13. The van der Waals surface area contributed by atoms with Gasteiger partial charge in [-0.3, -0.25) is 9.58 Å². The molecule has 19 heavy (non-hydrogen) atoms. The Bertz CT molecular complexity index is 414. The van der Waals surface area contributed by atoms with Gasteiger partial charge in [0.1, 0.15) is 0 Å². The van der Waals surface area contributed by atoms with Crippen LogP contribution in [-0.2, 0) is 13.1 Å². The first-order valence-electron chi connectivity index (χ1n) is 7.51. The second-order valence-electron chi connectivity index (χ2n) is 5.75. The minimum absolute atomic E-state index is 0.156. The third-order valence-corrected chi connectivity index (χ3v) is 4.41. The van der Waals surface area contributed by atoms with Crippen molar-refractivity contribution in [2.75, 3.05) is 19.7 Å². The summed E-state index contributed by atoms with van der Waals surface area (Å²) in [5.41, 5.74) is 3.68. The van der Waals surface area contributed by atoms with Gasteiger partial charge in [-0.1, -0.05) is 13.3 Å². The number of rotatable bonds is 5. The van der Waals surface area contributed by atoms with E-state index in [0.717, 1.165) is 18.2 Å². The van der Waals surface area contributed by atoms with Crippen LogP contribution >= 0.6 is 0 Å². The van der Waals surface area contributed by atoms with E-state index in [-0.39, 0.29) is 6.61 Å². The van der Waals surface area contributed by atoms with Crippen LogP contribution in [0.4, 0.5) is 0 Å². The Morgan fingerprint density at radius 2 is 2.16 bits per heavy atom. The average Bonchev–Trinajstić information content (AvgIpc) is 2.67. The predicted octanol–water partition coefficient (Wildman–Crippen LogP) is 2.11. The van der Waals surface area contributed by atoms with Crippen molar-refractivity contribution in [3.8, 4) is 0 Å². The first-order chi connectivity index (χ1) is 9.15. The van der Waals surface area contributed by atoms with Crippen molar-refractivity contribution in [2.45, 2.75) is 53.1 Å². The van der Waals surface area contributed by atoms with E-state index < -0.39 is 0 Å². The summed E-state index contributed by atoms with van der Waals surface area (Å²) in [6, 6.07) is 0. The van der Waals surface area contributed by atoms with Gasteiger partial charge in [0.05, 0.1) is 18.8 Å². The topological polar surface area (TPSA) is 41.3 Å². The van der Waals surface area contributed by atoms with Crippen LogP contribution in [0.2, 0.25) is 0 Å². The zero-order valence-corrected chi connectivity index (χ0v) is 12.5. The molecule has 108 valence electrons. The average molecular weight is 265 g/mol. The molecule has 1 fully saturated rings. The van der Waals surface area contributed by atoms with E-state index in [0.29, 0.717) is 6.54 Å². The lowest BCUT2D eigenvalue weighted by Crippen LogP contribution is -2.34. The van der Waals surface area contributed by atoms with Crippen LogP contribution < -0.4 is 0 Å². The monoisotopic (exact) mass is 265 g/mol. The normalized spacial score (nSPS) is 20.9. The van der Waals surface area contributed by atoms with Gasteiger partial charge in [-0.05, 0) is 39.2 Å². The Kier molecular flexibility index (Phi) is 4.99. The van der Waals surface area contributed by atoms with Crippen molar-refractivity contribution in [3.05, 3.63) is 17.0 Å². The standard InChI is InChI=1S/C15H27N3O/c1-4-14-6-5-7-17(10-14)11-15-12(2)16-18(8-9-19)13(15)3/h14,19H,4-11H2,1-3H3. The van der Waals surface area contributed by atoms with Crippen molar-refractivity contribution in [1.29, 1.82) is 0 Å². The molecule has 0 amide bonds. The fourth-order valence-electron chi connectivity index (χ4n) is 3.13. The number of aromatic nitrogens is 2. The maximum atomic E-state index is 9.06. The molecule has 1 aliphatic heterocycles. The highest BCUT2D eigenvalue weighted by atomic mass is 16.3. The second kappa shape index (κ2) is 6.53. The number of aryl methyl sites for hydroxylation is 1. The number of aliphatic hydroxyl groups is 1. The van der Waals surface area contributed by atoms with Gasteiger partial charge in [0.25, 0.3) is 0 Å². The van der Waals surface area contributed by atoms with Gasteiger partial charge in [-0.25, -0.2) is 0 Å². The summed E-state index contributed by atoms with van der Waals surface area (Å²) in [6.07, 6.45) is 3.99. The molecule has 1 atom stereocenters. The minimum atomic E-state index is 0.156. The van der Waals surface area contributed by atoms with Crippen LogP contribution in [0.1, 0.15) is 43.1 Å². The van der Waals surface area contributed by atoms with Gasteiger partial charge < -0.3 is 5.11 Å². The maximum absolute atomic E-state index is 9.06. The minimum Gasteiger partial charge on any atom is -0.394 e. The summed E-state index contributed by atoms with van der Waals surface area (Å²) in [5, 5.41) is 13.6. The van der Waals surface area contributed by atoms with Gasteiger partial charge >= 0.3 is 0 Å². The molecular formula is C15H27N3O. The van der Waals surface area contributed by atoms with Crippen LogP contribution in [0, 0.1) is 19.8 Å². The molecule has 1 N–H and O–H groups in total. The van der Waals surface area contributed by atoms with Crippen LogP contribution in [-0.4, -0.2) is 39.5 Å². The van der Waals surface area contributed by atoms with E-state index in [4.69, 9.17) is 5.11 Å². The Morgan fingerprint density at radius 3 is 2.84 bits per heavy atom. The van der Waals surface area contributed by atoms with Crippen molar-refractivity contribution in [3.63, 3.8) is 0 Å². The molecule has 0 spiro atoms. The van der Waals surface area contributed by atoms with Gasteiger partial charge in [0.15, 0.2) is 0 Å². The SMILES string of the molecule is CCC1CCCN(Cc2c(C)nn(CCO)c2C)C1. The van der Waals surface area contributed by atoms with Crippen LogP contribution in [0.15, 0.2) is 0 Å². The van der Waals surface area contributed by atoms with E-state index in [9.17, 15) is 0 Å².